The maximum absolute atomic E-state index is 11.4. The van der Waals surface area contributed by atoms with Crippen LogP contribution in [0.25, 0.3) is 0 Å². The SMILES string of the molecule is CC(Cc1cc(C(C)(C)C)c(O)c(C(C)(C)C)c1)C(=O)S. The van der Waals surface area contributed by atoms with E-state index < -0.39 is 0 Å². The molecule has 0 radical (unpaired) electrons. The fourth-order valence-electron chi connectivity index (χ4n) is 2.40. The molecule has 1 aromatic rings. The molecule has 0 aliphatic heterocycles. The summed E-state index contributed by atoms with van der Waals surface area (Å²) in [5, 5.41) is 10.5. The van der Waals surface area contributed by atoms with E-state index in [9.17, 15) is 9.90 Å². The van der Waals surface area contributed by atoms with Crippen LogP contribution in [0.5, 0.6) is 5.75 Å². The van der Waals surface area contributed by atoms with E-state index in [0.29, 0.717) is 12.2 Å². The molecule has 0 aliphatic carbocycles. The average molecular weight is 308 g/mol. The van der Waals surface area contributed by atoms with E-state index in [0.717, 1.165) is 16.7 Å². The zero-order chi connectivity index (χ0) is 16.6. The Morgan fingerprint density at radius 3 is 1.76 bits per heavy atom. The van der Waals surface area contributed by atoms with Gasteiger partial charge < -0.3 is 5.11 Å². The molecule has 1 aromatic carbocycles. The monoisotopic (exact) mass is 308 g/mol. The number of aromatic hydroxyl groups is 1. The van der Waals surface area contributed by atoms with Crippen molar-refractivity contribution in [3.05, 3.63) is 28.8 Å². The highest BCUT2D eigenvalue weighted by Gasteiger charge is 2.27. The van der Waals surface area contributed by atoms with Crippen LogP contribution >= 0.6 is 12.6 Å². The van der Waals surface area contributed by atoms with Crippen LogP contribution in [0, 0.1) is 5.92 Å². The lowest BCUT2D eigenvalue weighted by Gasteiger charge is -2.28. The first kappa shape index (κ1) is 18.1. The van der Waals surface area contributed by atoms with E-state index in [1.807, 2.05) is 19.1 Å². The van der Waals surface area contributed by atoms with Gasteiger partial charge in [0.1, 0.15) is 5.75 Å². The molecule has 1 N–H and O–H groups in total. The van der Waals surface area contributed by atoms with Crippen molar-refractivity contribution < 1.29 is 9.90 Å². The molecule has 118 valence electrons. The summed E-state index contributed by atoms with van der Waals surface area (Å²) in [7, 11) is 0. The van der Waals surface area contributed by atoms with Crippen molar-refractivity contribution in [2.45, 2.75) is 65.7 Å². The maximum Gasteiger partial charge on any atom is 0.189 e. The number of rotatable bonds is 3. The topological polar surface area (TPSA) is 37.3 Å². The van der Waals surface area contributed by atoms with E-state index in [1.54, 1.807) is 0 Å². The third-order valence-electron chi connectivity index (χ3n) is 3.75. The first-order valence-corrected chi connectivity index (χ1v) is 7.88. The highest BCUT2D eigenvalue weighted by atomic mass is 32.1. The summed E-state index contributed by atoms with van der Waals surface area (Å²) in [6.45, 7) is 14.4. The zero-order valence-electron chi connectivity index (χ0n) is 14.2. The van der Waals surface area contributed by atoms with E-state index in [1.165, 1.54) is 0 Å². The number of hydrogen-bond donors (Lipinski definition) is 2. The van der Waals surface area contributed by atoms with Gasteiger partial charge in [0, 0.05) is 5.92 Å². The Bertz CT molecular complexity index is 498. The predicted molar refractivity (Wildman–Crippen MR) is 92.4 cm³/mol. The normalized spacial score (nSPS) is 14.1. The number of carbonyl (C=O) groups is 1. The van der Waals surface area contributed by atoms with E-state index in [-0.39, 0.29) is 21.9 Å². The molecule has 0 aromatic heterocycles. The molecule has 21 heavy (non-hydrogen) atoms. The van der Waals surface area contributed by atoms with Gasteiger partial charge in [-0.2, -0.15) is 0 Å². The van der Waals surface area contributed by atoms with Gasteiger partial charge in [-0.25, -0.2) is 0 Å². The quantitative estimate of drug-likeness (QED) is 0.799. The standard InChI is InChI=1S/C18H28O2S/c1-11(16(20)21)8-12-9-13(17(2,3)4)15(19)14(10-12)18(5,6)7/h9-11,19H,8H2,1-7H3,(H,20,21). The molecule has 0 saturated carbocycles. The van der Waals surface area contributed by atoms with Crippen molar-refractivity contribution in [2.24, 2.45) is 5.92 Å². The largest absolute Gasteiger partial charge is 0.507 e. The molecule has 1 unspecified atom stereocenters. The van der Waals surface area contributed by atoms with Gasteiger partial charge in [-0.05, 0) is 33.9 Å². The minimum atomic E-state index is -0.145. The molecule has 2 nitrogen and oxygen atoms in total. The van der Waals surface area contributed by atoms with Crippen molar-refractivity contribution in [1.82, 2.24) is 0 Å². The van der Waals surface area contributed by atoms with Crippen molar-refractivity contribution in [3.8, 4) is 5.75 Å². The molecule has 0 saturated heterocycles. The summed E-state index contributed by atoms with van der Waals surface area (Å²) < 4.78 is 0. The zero-order valence-corrected chi connectivity index (χ0v) is 15.1. The first-order valence-electron chi connectivity index (χ1n) is 7.43. The summed E-state index contributed by atoms with van der Waals surface area (Å²) >= 11 is 3.92. The molecular formula is C18H28O2S. The summed E-state index contributed by atoms with van der Waals surface area (Å²) in [4.78, 5) is 11.4. The number of benzene rings is 1. The fourth-order valence-corrected chi connectivity index (χ4v) is 2.49. The fraction of sp³-hybridized carbons (Fsp3) is 0.611. The molecule has 0 spiro atoms. The van der Waals surface area contributed by atoms with E-state index >= 15 is 0 Å². The lowest BCUT2D eigenvalue weighted by Crippen LogP contribution is -2.18. The van der Waals surface area contributed by atoms with Crippen molar-refractivity contribution in [3.63, 3.8) is 0 Å². The Morgan fingerprint density at radius 1 is 1.10 bits per heavy atom. The van der Waals surface area contributed by atoms with Gasteiger partial charge in [-0.1, -0.05) is 60.6 Å². The molecule has 1 rings (SSSR count). The molecule has 0 amide bonds. The smallest absolute Gasteiger partial charge is 0.189 e. The summed E-state index contributed by atoms with van der Waals surface area (Å²) in [5.41, 5.74) is 2.66. The number of hydrogen-bond acceptors (Lipinski definition) is 2. The molecule has 1 atom stereocenters. The highest BCUT2D eigenvalue weighted by molar-refractivity contribution is 7.96. The summed E-state index contributed by atoms with van der Waals surface area (Å²) in [5.74, 6) is 0.252. The molecular weight excluding hydrogens is 280 g/mol. The average Bonchev–Trinajstić information content (AvgIpc) is 2.27. The Hall–Kier alpha value is -0.960. The molecule has 0 bridgehead atoms. The molecule has 0 heterocycles. The van der Waals surface area contributed by atoms with E-state index in [4.69, 9.17) is 0 Å². The third kappa shape index (κ3) is 4.50. The van der Waals surface area contributed by atoms with Crippen LogP contribution in [0.3, 0.4) is 0 Å². The summed E-state index contributed by atoms with van der Waals surface area (Å²) in [6, 6.07) is 4.05. The van der Waals surface area contributed by atoms with Gasteiger partial charge in [0.15, 0.2) is 5.12 Å². The number of phenols is 1. The van der Waals surface area contributed by atoms with Crippen LogP contribution in [0.4, 0.5) is 0 Å². The summed E-state index contributed by atoms with van der Waals surface area (Å²) in [6.07, 6.45) is 0.648. The van der Waals surface area contributed by atoms with Gasteiger partial charge >= 0.3 is 0 Å². The molecule has 0 fully saturated rings. The Labute approximate surface area is 134 Å². The van der Waals surface area contributed by atoms with Crippen molar-refractivity contribution >= 4 is 17.7 Å². The maximum atomic E-state index is 11.4. The lowest BCUT2D eigenvalue weighted by molar-refractivity contribution is -0.113. The van der Waals surface area contributed by atoms with Gasteiger partial charge in [0.05, 0.1) is 0 Å². The van der Waals surface area contributed by atoms with Gasteiger partial charge in [0.2, 0.25) is 0 Å². The molecule has 0 aliphatic rings. The van der Waals surface area contributed by atoms with Crippen LogP contribution in [0.1, 0.15) is 65.2 Å². The third-order valence-corrected chi connectivity index (χ3v) is 4.19. The minimum absolute atomic E-state index is 0.0994. The lowest BCUT2D eigenvalue weighted by atomic mass is 9.77. The Balaban J connectivity index is 3.44. The second-order valence-corrected chi connectivity index (χ2v) is 8.42. The number of carbonyl (C=O) groups excluding carboxylic acids is 1. The van der Waals surface area contributed by atoms with Crippen LogP contribution < -0.4 is 0 Å². The highest BCUT2D eigenvalue weighted by Crippen LogP contribution is 2.40. The van der Waals surface area contributed by atoms with Crippen molar-refractivity contribution in [2.75, 3.05) is 0 Å². The number of phenolic OH excluding ortho intramolecular Hbond substituents is 1. The van der Waals surface area contributed by atoms with Gasteiger partial charge in [-0.15, -0.1) is 12.6 Å². The van der Waals surface area contributed by atoms with Crippen molar-refractivity contribution in [1.29, 1.82) is 0 Å². The minimum Gasteiger partial charge on any atom is -0.507 e. The van der Waals surface area contributed by atoms with Gasteiger partial charge in [0.25, 0.3) is 0 Å². The Kier molecular flexibility index (Phi) is 5.20. The Morgan fingerprint density at radius 2 is 1.48 bits per heavy atom. The predicted octanol–water partition coefficient (Wildman–Crippen LogP) is 4.62. The number of thiol groups is 1. The van der Waals surface area contributed by atoms with Crippen LogP contribution in [0.2, 0.25) is 0 Å². The van der Waals surface area contributed by atoms with E-state index in [2.05, 4.69) is 54.2 Å². The second-order valence-electron chi connectivity index (χ2n) is 7.98. The first-order chi connectivity index (χ1) is 9.34. The van der Waals surface area contributed by atoms with Crippen LogP contribution in [-0.2, 0) is 22.0 Å². The van der Waals surface area contributed by atoms with Crippen LogP contribution in [0.15, 0.2) is 12.1 Å². The molecule has 3 heteroatoms. The van der Waals surface area contributed by atoms with Gasteiger partial charge in [-0.3, -0.25) is 4.79 Å². The second kappa shape index (κ2) is 6.04. The van der Waals surface area contributed by atoms with Crippen LogP contribution in [-0.4, -0.2) is 10.2 Å².